The number of hydrogen-bond acceptors (Lipinski definition) is 6. The summed E-state index contributed by atoms with van der Waals surface area (Å²) in [5.41, 5.74) is 3.56. The number of hydrogen-bond donors (Lipinski definition) is 0. The molecule has 6 heteroatoms. The van der Waals surface area contributed by atoms with Crippen LogP contribution in [0.25, 0.3) is 0 Å². The van der Waals surface area contributed by atoms with E-state index >= 15 is 0 Å². The Labute approximate surface area is 144 Å². The van der Waals surface area contributed by atoms with Crippen molar-refractivity contribution in [3.05, 3.63) is 70.6 Å². The molecule has 2 aromatic heterocycles. The van der Waals surface area contributed by atoms with Gasteiger partial charge in [-0.2, -0.15) is 5.26 Å². The van der Waals surface area contributed by atoms with Crippen LogP contribution in [0.2, 0.25) is 0 Å². The van der Waals surface area contributed by atoms with Gasteiger partial charge in [-0.05, 0) is 31.0 Å². The summed E-state index contributed by atoms with van der Waals surface area (Å²) in [4.78, 5) is 4.45. The van der Waals surface area contributed by atoms with Crippen molar-refractivity contribution in [2.45, 2.75) is 31.0 Å². The summed E-state index contributed by atoms with van der Waals surface area (Å²) < 4.78 is 5.69. The van der Waals surface area contributed by atoms with E-state index in [1.54, 1.807) is 0 Å². The molecule has 0 aliphatic heterocycles. The molecule has 0 unspecified atom stereocenters. The Morgan fingerprint density at radius 3 is 2.62 bits per heavy atom. The fourth-order valence-corrected chi connectivity index (χ4v) is 3.30. The second-order valence-corrected chi connectivity index (χ2v) is 6.38. The number of aryl methyl sites for hydroxylation is 2. The Kier molecular flexibility index (Phi) is 4.92. The third-order valence-corrected chi connectivity index (χ3v) is 4.42. The molecule has 5 nitrogen and oxygen atoms in total. The quantitative estimate of drug-likeness (QED) is 0.659. The van der Waals surface area contributed by atoms with Crippen LogP contribution in [0.5, 0.6) is 0 Å². The van der Waals surface area contributed by atoms with Gasteiger partial charge in [0.25, 0.3) is 0 Å². The average Bonchev–Trinajstić information content (AvgIpc) is 3.01. The fraction of sp³-hybridized carbons (Fsp3) is 0.222. The topological polar surface area (TPSA) is 75.6 Å². The van der Waals surface area contributed by atoms with Crippen molar-refractivity contribution in [3.8, 4) is 6.07 Å². The standard InChI is InChI=1S/C18H16N4OS/c1-12-8-13(2)20-18(15(12)10-19)24-11-17-22-21-16(23-17)9-14-6-4-3-5-7-14/h3-8H,9,11H2,1-2H3. The lowest BCUT2D eigenvalue weighted by Gasteiger charge is -2.05. The first-order valence-electron chi connectivity index (χ1n) is 7.52. The number of thioether (sulfide) groups is 1. The van der Waals surface area contributed by atoms with Gasteiger partial charge in [-0.1, -0.05) is 42.1 Å². The highest BCUT2D eigenvalue weighted by Crippen LogP contribution is 2.26. The number of aromatic nitrogens is 3. The van der Waals surface area contributed by atoms with Crippen LogP contribution >= 0.6 is 11.8 Å². The fourth-order valence-electron chi connectivity index (χ4n) is 2.36. The van der Waals surface area contributed by atoms with Crippen LogP contribution in [0.15, 0.2) is 45.8 Å². The van der Waals surface area contributed by atoms with Gasteiger partial charge in [-0.15, -0.1) is 10.2 Å². The Morgan fingerprint density at radius 1 is 1.12 bits per heavy atom. The molecule has 1 aromatic carbocycles. The molecule has 120 valence electrons. The van der Waals surface area contributed by atoms with E-state index in [0.717, 1.165) is 16.8 Å². The maximum absolute atomic E-state index is 9.30. The van der Waals surface area contributed by atoms with Crippen molar-refractivity contribution in [2.24, 2.45) is 0 Å². The van der Waals surface area contributed by atoms with Gasteiger partial charge >= 0.3 is 0 Å². The van der Waals surface area contributed by atoms with Crippen molar-refractivity contribution in [1.82, 2.24) is 15.2 Å². The van der Waals surface area contributed by atoms with E-state index < -0.39 is 0 Å². The smallest absolute Gasteiger partial charge is 0.226 e. The van der Waals surface area contributed by atoms with Gasteiger partial charge < -0.3 is 4.42 Å². The molecule has 0 N–H and O–H groups in total. The molecule has 0 saturated heterocycles. The number of nitrogens with zero attached hydrogens (tertiary/aromatic N) is 4. The molecule has 24 heavy (non-hydrogen) atoms. The molecule has 0 radical (unpaired) electrons. The minimum Gasteiger partial charge on any atom is -0.424 e. The molecule has 0 aliphatic rings. The SMILES string of the molecule is Cc1cc(C)c(C#N)c(SCc2nnc(Cc3ccccc3)o2)n1. The Balaban J connectivity index is 1.69. The molecule has 3 aromatic rings. The van der Waals surface area contributed by atoms with Crippen LogP contribution in [0, 0.1) is 25.2 Å². The van der Waals surface area contributed by atoms with Crippen molar-refractivity contribution in [1.29, 1.82) is 5.26 Å². The van der Waals surface area contributed by atoms with Gasteiger partial charge in [0, 0.05) is 5.69 Å². The molecular formula is C18H16N4OS. The number of rotatable bonds is 5. The lowest BCUT2D eigenvalue weighted by molar-refractivity contribution is 0.474. The van der Waals surface area contributed by atoms with E-state index in [4.69, 9.17) is 4.42 Å². The lowest BCUT2D eigenvalue weighted by Crippen LogP contribution is -1.94. The summed E-state index contributed by atoms with van der Waals surface area (Å²) in [5, 5.41) is 18.2. The second-order valence-electron chi connectivity index (χ2n) is 5.41. The molecule has 0 spiro atoms. The number of benzene rings is 1. The first kappa shape index (κ1) is 16.2. The first-order chi connectivity index (χ1) is 11.7. The normalized spacial score (nSPS) is 10.5. The molecule has 0 fully saturated rings. The van der Waals surface area contributed by atoms with Crippen LogP contribution in [0.4, 0.5) is 0 Å². The largest absolute Gasteiger partial charge is 0.424 e. The van der Waals surface area contributed by atoms with Gasteiger partial charge in [0.15, 0.2) is 0 Å². The predicted octanol–water partition coefficient (Wildman–Crippen LogP) is 3.84. The Morgan fingerprint density at radius 2 is 1.88 bits per heavy atom. The maximum Gasteiger partial charge on any atom is 0.226 e. The van der Waals surface area contributed by atoms with E-state index in [2.05, 4.69) is 21.3 Å². The summed E-state index contributed by atoms with van der Waals surface area (Å²) in [6.45, 7) is 3.84. The van der Waals surface area contributed by atoms with Gasteiger partial charge in [-0.3, -0.25) is 0 Å². The minimum absolute atomic E-state index is 0.492. The molecule has 2 heterocycles. The molecule has 0 atom stereocenters. The molecule has 0 saturated carbocycles. The van der Waals surface area contributed by atoms with Gasteiger partial charge in [0.2, 0.25) is 11.8 Å². The van der Waals surface area contributed by atoms with Crippen LogP contribution in [0.3, 0.4) is 0 Å². The van der Waals surface area contributed by atoms with Gasteiger partial charge in [0.1, 0.15) is 11.1 Å². The van der Waals surface area contributed by atoms with Crippen LogP contribution in [0.1, 0.15) is 34.2 Å². The third-order valence-electron chi connectivity index (χ3n) is 3.46. The minimum atomic E-state index is 0.492. The van der Waals surface area contributed by atoms with Crippen molar-refractivity contribution in [3.63, 3.8) is 0 Å². The monoisotopic (exact) mass is 336 g/mol. The zero-order chi connectivity index (χ0) is 16.9. The van der Waals surface area contributed by atoms with Gasteiger partial charge in [-0.25, -0.2) is 4.98 Å². The third kappa shape index (κ3) is 3.81. The molecule has 0 bridgehead atoms. The lowest BCUT2D eigenvalue weighted by atomic mass is 10.1. The van der Waals surface area contributed by atoms with E-state index in [1.165, 1.54) is 11.8 Å². The summed E-state index contributed by atoms with van der Waals surface area (Å²) >= 11 is 1.44. The highest BCUT2D eigenvalue weighted by atomic mass is 32.2. The summed E-state index contributed by atoms with van der Waals surface area (Å²) in [6, 6.07) is 14.1. The van der Waals surface area contributed by atoms with Crippen LogP contribution < -0.4 is 0 Å². The van der Waals surface area contributed by atoms with Crippen LogP contribution in [-0.2, 0) is 12.2 Å². The van der Waals surface area contributed by atoms with Crippen LogP contribution in [-0.4, -0.2) is 15.2 Å². The summed E-state index contributed by atoms with van der Waals surface area (Å²) in [6.07, 6.45) is 0.615. The second kappa shape index (κ2) is 7.28. The van der Waals surface area contributed by atoms with E-state index in [9.17, 15) is 5.26 Å². The number of nitriles is 1. The predicted molar refractivity (Wildman–Crippen MR) is 91.5 cm³/mol. The molecular weight excluding hydrogens is 320 g/mol. The van der Waals surface area contributed by atoms with E-state index in [0.29, 0.717) is 34.5 Å². The Bertz CT molecular complexity index is 884. The van der Waals surface area contributed by atoms with Crippen molar-refractivity contribution in [2.75, 3.05) is 0 Å². The Hall–Kier alpha value is -2.65. The highest BCUT2D eigenvalue weighted by Gasteiger charge is 2.12. The van der Waals surface area contributed by atoms with Crippen molar-refractivity contribution < 1.29 is 4.42 Å². The maximum atomic E-state index is 9.30. The summed E-state index contributed by atoms with van der Waals surface area (Å²) in [7, 11) is 0. The highest BCUT2D eigenvalue weighted by molar-refractivity contribution is 7.98. The van der Waals surface area contributed by atoms with Crippen molar-refractivity contribution >= 4 is 11.8 Å². The van der Waals surface area contributed by atoms with Gasteiger partial charge in [0.05, 0.1) is 17.7 Å². The molecule has 0 aliphatic carbocycles. The molecule has 0 amide bonds. The summed E-state index contributed by atoms with van der Waals surface area (Å²) in [5.74, 6) is 1.62. The number of pyridine rings is 1. The zero-order valence-electron chi connectivity index (χ0n) is 13.5. The van der Waals surface area contributed by atoms with E-state index in [-0.39, 0.29) is 0 Å². The van der Waals surface area contributed by atoms with E-state index in [1.807, 2.05) is 50.2 Å². The average molecular weight is 336 g/mol. The zero-order valence-corrected chi connectivity index (χ0v) is 14.3. The molecule has 3 rings (SSSR count). The first-order valence-corrected chi connectivity index (χ1v) is 8.50.